The zero-order chi connectivity index (χ0) is 17.5. The van der Waals surface area contributed by atoms with E-state index in [-0.39, 0.29) is 6.10 Å². The Hall–Kier alpha value is -1.47. The molecule has 3 heterocycles. The van der Waals surface area contributed by atoms with Crippen molar-refractivity contribution in [2.75, 3.05) is 32.3 Å². The second kappa shape index (κ2) is 6.44. The molecule has 2 aromatic rings. The zero-order valence-corrected chi connectivity index (χ0v) is 15.1. The summed E-state index contributed by atoms with van der Waals surface area (Å²) >= 11 is 0. The van der Waals surface area contributed by atoms with Crippen LogP contribution in [0.3, 0.4) is 0 Å². The highest BCUT2D eigenvalue weighted by molar-refractivity contribution is 7.72. The number of hydrogen-bond donors (Lipinski definition) is 2. The standard InChI is InChI=1S/C15H24N5O3P/c1-22-12-11(21)9(5-6-24(2,3)4)23-15(12)20-8-19-10-13(16)17-7-18-14(10)20/h7-9,11-12,15,21H,2,5-6H2,1,3-4H3,(H2,16,17,18)/t9-,11-,12-,15?/m1/s1. The Balaban J connectivity index is 1.89. The van der Waals surface area contributed by atoms with Crippen LogP contribution >= 0.6 is 6.89 Å². The molecule has 8 nitrogen and oxygen atoms in total. The Morgan fingerprint density at radius 1 is 1.42 bits per heavy atom. The van der Waals surface area contributed by atoms with Gasteiger partial charge < -0.3 is 20.3 Å². The summed E-state index contributed by atoms with van der Waals surface area (Å²) in [5.41, 5.74) is 6.91. The minimum absolute atomic E-state index is 0.308. The summed E-state index contributed by atoms with van der Waals surface area (Å²) in [6.07, 6.45) is 6.83. The number of ether oxygens (including phenoxy) is 2. The van der Waals surface area contributed by atoms with Gasteiger partial charge in [0.25, 0.3) is 0 Å². The van der Waals surface area contributed by atoms with Crippen molar-refractivity contribution in [3.8, 4) is 0 Å². The molecule has 4 atom stereocenters. The maximum absolute atomic E-state index is 10.6. The van der Waals surface area contributed by atoms with E-state index in [1.807, 2.05) is 0 Å². The number of fused-ring (bicyclic) bond motifs is 1. The lowest BCUT2D eigenvalue weighted by atomic mass is 10.1. The van der Waals surface area contributed by atoms with Gasteiger partial charge in [-0.3, -0.25) is 4.57 Å². The molecule has 3 rings (SSSR count). The van der Waals surface area contributed by atoms with Gasteiger partial charge in [0, 0.05) is 7.11 Å². The van der Waals surface area contributed by atoms with Crippen LogP contribution in [0.25, 0.3) is 11.2 Å². The van der Waals surface area contributed by atoms with Gasteiger partial charge in [-0.2, -0.15) is 0 Å². The van der Waals surface area contributed by atoms with Crippen molar-refractivity contribution in [3.63, 3.8) is 0 Å². The van der Waals surface area contributed by atoms with Crippen molar-refractivity contribution in [1.82, 2.24) is 19.5 Å². The molecular formula is C15H24N5O3P. The third-order valence-electron chi connectivity index (χ3n) is 4.27. The number of rotatable bonds is 5. The van der Waals surface area contributed by atoms with Gasteiger partial charge in [-0.25, -0.2) is 15.0 Å². The maximum atomic E-state index is 10.6. The highest BCUT2D eigenvalue weighted by Crippen LogP contribution is 2.40. The third-order valence-corrected chi connectivity index (χ3v) is 5.73. The molecule has 0 radical (unpaired) electrons. The Morgan fingerprint density at radius 2 is 2.17 bits per heavy atom. The summed E-state index contributed by atoms with van der Waals surface area (Å²) in [7, 11) is 1.56. The summed E-state index contributed by atoms with van der Waals surface area (Å²) in [6.45, 7) is 3.15. The van der Waals surface area contributed by atoms with Gasteiger partial charge in [-0.1, -0.05) is 0 Å². The molecule has 0 bridgehead atoms. The molecule has 0 saturated carbocycles. The smallest absolute Gasteiger partial charge is 0.167 e. The fraction of sp³-hybridized carbons (Fsp3) is 0.600. The predicted octanol–water partition coefficient (Wildman–Crippen LogP) is 0.781. The van der Waals surface area contributed by atoms with Crippen LogP contribution in [0.5, 0.6) is 0 Å². The van der Waals surface area contributed by atoms with E-state index in [1.165, 1.54) is 6.33 Å². The van der Waals surface area contributed by atoms with E-state index in [9.17, 15) is 5.11 Å². The van der Waals surface area contributed by atoms with Gasteiger partial charge in [-0.15, -0.1) is 13.2 Å². The molecule has 24 heavy (non-hydrogen) atoms. The van der Waals surface area contributed by atoms with Crippen LogP contribution in [-0.2, 0) is 9.47 Å². The van der Waals surface area contributed by atoms with Gasteiger partial charge in [-0.05, 0) is 25.9 Å². The monoisotopic (exact) mass is 353 g/mol. The topological polar surface area (TPSA) is 108 Å². The molecule has 9 heteroatoms. The van der Waals surface area contributed by atoms with Crippen LogP contribution in [-0.4, -0.2) is 75.8 Å². The molecule has 0 amide bonds. The number of imidazole rings is 1. The molecule has 1 fully saturated rings. The molecule has 0 aliphatic carbocycles. The number of aliphatic hydroxyl groups is 1. The summed E-state index contributed by atoms with van der Waals surface area (Å²) in [6, 6.07) is 0. The Labute approximate surface area is 141 Å². The van der Waals surface area contributed by atoms with Gasteiger partial charge >= 0.3 is 0 Å². The number of nitrogens with zero attached hydrogens (tertiary/aromatic N) is 4. The second-order valence-electron chi connectivity index (χ2n) is 6.79. The quantitative estimate of drug-likeness (QED) is 0.765. The van der Waals surface area contributed by atoms with E-state index in [1.54, 1.807) is 18.0 Å². The molecule has 1 unspecified atom stereocenters. The number of nitrogens with two attached hydrogens (primary N) is 1. The van der Waals surface area contributed by atoms with Gasteiger partial charge in [0.05, 0.1) is 12.4 Å². The van der Waals surface area contributed by atoms with Gasteiger partial charge in [0.2, 0.25) is 0 Å². The SMILES string of the molecule is C=P(C)(C)CC[C@H]1OC(n2cnc3c(N)ncnc32)[C@H](OC)[C@@H]1O. The molecule has 1 aliphatic heterocycles. The predicted molar refractivity (Wildman–Crippen MR) is 95.8 cm³/mol. The molecule has 0 spiro atoms. The van der Waals surface area contributed by atoms with Crippen molar-refractivity contribution in [1.29, 1.82) is 0 Å². The molecule has 2 aromatic heterocycles. The third kappa shape index (κ3) is 3.19. The number of nitrogen functional groups attached to an aromatic ring is 1. The highest BCUT2D eigenvalue weighted by Gasteiger charge is 2.45. The number of methoxy groups -OCH3 is 1. The summed E-state index contributed by atoms with van der Waals surface area (Å²) < 4.78 is 13.3. The summed E-state index contributed by atoms with van der Waals surface area (Å²) in [5, 5.41) is 10.6. The fourth-order valence-corrected chi connectivity index (χ4v) is 3.92. The molecule has 1 saturated heterocycles. The lowest BCUT2D eigenvalue weighted by Crippen LogP contribution is -2.33. The van der Waals surface area contributed by atoms with E-state index in [0.717, 1.165) is 12.6 Å². The summed E-state index contributed by atoms with van der Waals surface area (Å²) in [5.74, 6) is 0.311. The molecule has 3 N–H and O–H groups in total. The van der Waals surface area contributed by atoms with Gasteiger partial charge in [0.15, 0.2) is 17.7 Å². The first-order valence-electron chi connectivity index (χ1n) is 7.78. The zero-order valence-electron chi connectivity index (χ0n) is 14.2. The average Bonchev–Trinajstić information content (AvgIpc) is 3.06. The van der Waals surface area contributed by atoms with Gasteiger partial charge in [0.1, 0.15) is 24.1 Å². The van der Waals surface area contributed by atoms with Crippen LogP contribution in [0, 0.1) is 0 Å². The van der Waals surface area contributed by atoms with Crippen molar-refractivity contribution >= 4 is 30.2 Å². The van der Waals surface area contributed by atoms with Crippen molar-refractivity contribution in [2.45, 2.75) is 31.0 Å². The first-order valence-corrected chi connectivity index (χ1v) is 10.8. The molecular weight excluding hydrogens is 329 g/mol. The number of aromatic nitrogens is 4. The van der Waals surface area contributed by atoms with Crippen molar-refractivity contribution < 1.29 is 14.6 Å². The Kier molecular flexibility index (Phi) is 4.66. The average molecular weight is 353 g/mol. The Bertz CT molecular complexity index is 774. The van der Waals surface area contributed by atoms with Crippen LogP contribution in [0.15, 0.2) is 12.7 Å². The first kappa shape index (κ1) is 17.4. The number of anilines is 1. The lowest BCUT2D eigenvalue weighted by molar-refractivity contribution is -0.0496. The minimum atomic E-state index is -1.19. The van der Waals surface area contributed by atoms with Crippen molar-refractivity contribution in [2.24, 2.45) is 0 Å². The summed E-state index contributed by atoms with van der Waals surface area (Å²) in [4.78, 5) is 12.4. The fourth-order valence-electron chi connectivity index (χ4n) is 2.97. The van der Waals surface area contributed by atoms with E-state index >= 15 is 0 Å². The molecule has 1 aliphatic rings. The highest BCUT2D eigenvalue weighted by atomic mass is 31.2. The number of aliphatic hydroxyl groups excluding tert-OH is 1. The number of hydrogen-bond acceptors (Lipinski definition) is 7. The second-order valence-corrected chi connectivity index (χ2v) is 11.1. The van der Waals surface area contributed by atoms with Crippen LogP contribution in [0.1, 0.15) is 12.6 Å². The van der Waals surface area contributed by atoms with E-state index in [0.29, 0.717) is 17.0 Å². The molecule has 132 valence electrons. The largest absolute Gasteiger partial charge is 0.388 e. The van der Waals surface area contributed by atoms with E-state index < -0.39 is 25.3 Å². The maximum Gasteiger partial charge on any atom is 0.167 e. The van der Waals surface area contributed by atoms with Crippen LogP contribution in [0.4, 0.5) is 5.82 Å². The van der Waals surface area contributed by atoms with Crippen LogP contribution in [0.2, 0.25) is 0 Å². The minimum Gasteiger partial charge on any atom is -0.388 e. The van der Waals surface area contributed by atoms with Crippen LogP contribution < -0.4 is 5.73 Å². The van der Waals surface area contributed by atoms with E-state index in [4.69, 9.17) is 15.2 Å². The lowest BCUT2D eigenvalue weighted by Gasteiger charge is -2.19. The normalized spacial score (nSPS) is 27.8. The Morgan fingerprint density at radius 3 is 2.83 bits per heavy atom. The van der Waals surface area contributed by atoms with Crippen molar-refractivity contribution in [3.05, 3.63) is 12.7 Å². The van der Waals surface area contributed by atoms with E-state index in [2.05, 4.69) is 34.6 Å². The first-order chi connectivity index (χ1) is 11.3. The molecule has 0 aromatic carbocycles.